The number of rotatable bonds is 4. The van der Waals surface area contributed by atoms with Gasteiger partial charge in [-0.05, 0) is 19.4 Å². The molecule has 11 nitrogen and oxygen atoms in total. The van der Waals surface area contributed by atoms with Crippen molar-refractivity contribution in [3.63, 3.8) is 0 Å². The molecule has 11 heteroatoms. The zero-order valence-corrected chi connectivity index (χ0v) is 23.0. The first-order valence-electron chi connectivity index (χ1n) is 14.1. The Hall–Kier alpha value is -3.06. The minimum atomic E-state index is -1.34. The molecule has 0 unspecified atom stereocenters. The summed E-state index contributed by atoms with van der Waals surface area (Å²) in [5.74, 6) is -2.95. The molecule has 0 radical (unpaired) electrons. The van der Waals surface area contributed by atoms with E-state index in [1.807, 2.05) is 0 Å². The van der Waals surface area contributed by atoms with Crippen molar-refractivity contribution in [2.24, 2.45) is 0 Å². The molecule has 2 aromatic rings. The van der Waals surface area contributed by atoms with Crippen LogP contribution in [-0.4, -0.2) is 98.4 Å². The summed E-state index contributed by atoms with van der Waals surface area (Å²) >= 11 is 0. The number of aliphatic hydroxyl groups excluding tert-OH is 1. The predicted octanol–water partition coefficient (Wildman–Crippen LogP) is 1.92. The molecule has 5 N–H and O–H groups in total. The van der Waals surface area contributed by atoms with Crippen molar-refractivity contribution in [3.8, 4) is 17.2 Å². The SMILES string of the molecule is CC[C@]1(O)Cc2c(O)c3c(c(O)c2[C@@H](O[C@@H]2C[C@@H](N4CCOCC4)[C@@H](O)[C@@H](C)O2)C1)C(=O)c1c(O)cccc1C3=O. The third-order valence-corrected chi connectivity index (χ3v) is 9.12. The summed E-state index contributed by atoms with van der Waals surface area (Å²) in [6.45, 7) is 5.93. The standard InChI is InChI=1S/C30H35NO10/c1-3-30(38)12-16-22(19(13-30)41-20-11-17(25(33)14(2)40-20)31-7-9-39-10-8-31)29(37)24-23(27(16)35)26(34)15-5-4-6-18(32)21(15)28(24)36/h4-6,14,17,19-20,25,32-33,35,37-38H,3,7-13H2,1-2H3/t14-,17-,19+,20-,25+,30+/m1/s1. The van der Waals surface area contributed by atoms with Gasteiger partial charge in [0.2, 0.25) is 5.78 Å². The number of nitrogens with zero attached hydrogens (tertiary/aromatic N) is 1. The zero-order valence-electron chi connectivity index (χ0n) is 23.0. The maximum atomic E-state index is 13.6. The fourth-order valence-electron chi connectivity index (χ4n) is 6.79. The fraction of sp³-hybridized carbons (Fsp3) is 0.533. The largest absolute Gasteiger partial charge is 0.507 e. The van der Waals surface area contributed by atoms with Crippen LogP contribution in [0.25, 0.3) is 0 Å². The van der Waals surface area contributed by atoms with Gasteiger partial charge in [0.1, 0.15) is 17.2 Å². The average molecular weight is 570 g/mol. The predicted molar refractivity (Wildman–Crippen MR) is 143 cm³/mol. The van der Waals surface area contributed by atoms with E-state index < -0.39 is 64.6 Å². The molecule has 0 amide bonds. The molecule has 2 heterocycles. The summed E-state index contributed by atoms with van der Waals surface area (Å²) in [4.78, 5) is 29.2. The van der Waals surface area contributed by atoms with Crippen molar-refractivity contribution in [2.75, 3.05) is 26.3 Å². The Labute approximate surface area is 236 Å². The molecule has 0 aromatic heterocycles. The van der Waals surface area contributed by atoms with Gasteiger partial charge in [-0.25, -0.2) is 0 Å². The van der Waals surface area contributed by atoms with Crippen molar-refractivity contribution in [2.45, 2.75) is 75.8 Å². The van der Waals surface area contributed by atoms with Crippen LogP contribution in [0.4, 0.5) is 0 Å². The molecule has 2 aliphatic heterocycles. The van der Waals surface area contributed by atoms with Crippen molar-refractivity contribution in [1.29, 1.82) is 0 Å². The Morgan fingerprint density at radius 2 is 1.76 bits per heavy atom. The quantitative estimate of drug-likeness (QED) is 0.291. The van der Waals surface area contributed by atoms with Crippen LogP contribution in [0.2, 0.25) is 0 Å². The minimum absolute atomic E-state index is 0.0330. The van der Waals surface area contributed by atoms with Gasteiger partial charge in [0.15, 0.2) is 12.1 Å². The van der Waals surface area contributed by atoms with Gasteiger partial charge < -0.3 is 39.7 Å². The lowest BCUT2D eigenvalue weighted by molar-refractivity contribution is -0.261. The molecule has 6 rings (SSSR count). The molecule has 2 fully saturated rings. The molecule has 4 aliphatic rings. The lowest BCUT2D eigenvalue weighted by atomic mass is 9.72. The van der Waals surface area contributed by atoms with E-state index in [1.165, 1.54) is 18.2 Å². The van der Waals surface area contributed by atoms with Crippen LogP contribution in [0.1, 0.15) is 82.2 Å². The van der Waals surface area contributed by atoms with Gasteiger partial charge in [0.25, 0.3) is 0 Å². The van der Waals surface area contributed by atoms with Gasteiger partial charge in [-0.2, -0.15) is 0 Å². The highest BCUT2D eigenvalue weighted by Crippen LogP contribution is 2.52. The van der Waals surface area contributed by atoms with Gasteiger partial charge in [0.05, 0.1) is 53.8 Å². The van der Waals surface area contributed by atoms with Crippen LogP contribution < -0.4 is 0 Å². The van der Waals surface area contributed by atoms with Crippen molar-refractivity contribution in [3.05, 3.63) is 51.6 Å². The number of ether oxygens (including phenoxy) is 3. The van der Waals surface area contributed by atoms with Gasteiger partial charge in [0, 0.05) is 55.1 Å². The molecule has 41 heavy (non-hydrogen) atoms. The Bertz CT molecular complexity index is 1400. The molecule has 2 aromatic carbocycles. The number of carbonyl (C=O) groups excluding carboxylic acids is 2. The van der Waals surface area contributed by atoms with Crippen LogP contribution in [0.3, 0.4) is 0 Å². The van der Waals surface area contributed by atoms with E-state index in [0.29, 0.717) is 39.1 Å². The molecular formula is C30H35NO10. The lowest BCUT2D eigenvalue weighted by Gasteiger charge is -2.46. The topological polar surface area (TPSA) is 166 Å². The fourth-order valence-corrected chi connectivity index (χ4v) is 6.79. The number of aromatic hydroxyl groups is 3. The highest BCUT2D eigenvalue weighted by molar-refractivity contribution is 6.31. The zero-order chi connectivity index (χ0) is 29.2. The van der Waals surface area contributed by atoms with Crippen molar-refractivity contribution < 1.29 is 49.3 Å². The van der Waals surface area contributed by atoms with E-state index >= 15 is 0 Å². The van der Waals surface area contributed by atoms with E-state index in [0.717, 1.165) is 0 Å². The van der Waals surface area contributed by atoms with Gasteiger partial charge in [-0.1, -0.05) is 19.1 Å². The summed E-state index contributed by atoms with van der Waals surface area (Å²) in [5, 5.41) is 55.7. The van der Waals surface area contributed by atoms with E-state index in [2.05, 4.69) is 4.90 Å². The van der Waals surface area contributed by atoms with Gasteiger partial charge in [-0.3, -0.25) is 14.5 Å². The molecule has 2 aliphatic carbocycles. The number of fused-ring (bicyclic) bond motifs is 3. The van der Waals surface area contributed by atoms with Crippen LogP contribution in [0.15, 0.2) is 18.2 Å². The summed E-state index contributed by atoms with van der Waals surface area (Å²) in [7, 11) is 0. The number of phenols is 3. The Morgan fingerprint density at radius 3 is 2.46 bits per heavy atom. The van der Waals surface area contributed by atoms with Gasteiger partial charge >= 0.3 is 0 Å². The van der Waals surface area contributed by atoms with Crippen molar-refractivity contribution in [1.82, 2.24) is 4.90 Å². The molecule has 0 bridgehead atoms. The van der Waals surface area contributed by atoms with Crippen LogP contribution in [0, 0.1) is 0 Å². The molecule has 6 atom stereocenters. The Balaban J connectivity index is 1.42. The maximum absolute atomic E-state index is 13.6. The maximum Gasteiger partial charge on any atom is 0.202 e. The monoisotopic (exact) mass is 569 g/mol. The number of hydrogen-bond acceptors (Lipinski definition) is 11. The molecule has 220 valence electrons. The summed E-state index contributed by atoms with van der Waals surface area (Å²) < 4.78 is 17.9. The highest BCUT2D eigenvalue weighted by atomic mass is 16.7. The Kier molecular flexibility index (Phi) is 7.08. The smallest absolute Gasteiger partial charge is 0.202 e. The highest BCUT2D eigenvalue weighted by Gasteiger charge is 2.48. The summed E-state index contributed by atoms with van der Waals surface area (Å²) in [6, 6.07) is 3.80. The third-order valence-electron chi connectivity index (χ3n) is 9.12. The first-order chi connectivity index (χ1) is 19.5. The van der Waals surface area contributed by atoms with Crippen LogP contribution in [-0.2, 0) is 20.6 Å². The molecule has 0 spiro atoms. The number of ketones is 2. The van der Waals surface area contributed by atoms with E-state index in [-0.39, 0.29) is 46.7 Å². The van der Waals surface area contributed by atoms with Gasteiger partial charge in [-0.15, -0.1) is 0 Å². The van der Waals surface area contributed by atoms with Crippen LogP contribution in [0.5, 0.6) is 17.2 Å². The normalized spacial score (nSPS) is 31.9. The second-order valence-corrected chi connectivity index (χ2v) is 11.5. The summed E-state index contributed by atoms with van der Waals surface area (Å²) in [6.07, 6.45) is -2.62. The van der Waals surface area contributed by atoms with E-state index in [9.17, 15) is 35.1 Å². The number of aliphatic hydroxyl groups is 2. The first kappa shape index (κ1) is 28.1. The van der Waals surface area contributed by atoms with Crippen LogP contribution >= 0.6 is 0 Å². The molecule has 0 saturated carbocycles. The van der Waals surface area contributed by atoms with E-state index in [1.54, 1.807) is 13.8 Å². The molecule has 2 saturated heterocycles. The number of carbonyl (C=O) groups is 2. The third kappa shape index (κ3) is 4.52. The number of morpholine rings is 1. The first-order valence-corrected chi connectivity index (χ1v) is 14.1. The number of hydrogen-bond donors (Lipinski definition) is 5. The lowest BCUT2D eigenvalue weighted by Crippen LogP contribution is -2.57. The average Bonchev–Trinajstić information content (AvgIpc) is 2.95. The summed E-state index contributed by atoms with van der Waals surface area (Å²) in [5.41, 5.74) is -2.20. The number of benzene rings is 2. The minimum Gasteiger partial charge on any atom is -0.507 e. The second-order valence-electron chi connectivity index (χ2n) is 11.5. The Morgan fingerprint density at radius 1 is 1.05 bits per heavy atom. The van der Waals surface area contributed by atoms with E-state index in [4.69, 9.17) is 14.2 Å². The molecular weight excluding hydrogens is 534 g/mol. The van der Waals surface area contributed by atoms with Crippen molar-refractivity contribution >= 4 is 11.6 Å². The second kappa shape index (κ2) is 10.3. The number of phenolic OH excluding ortho intramolecular Hbond substituents is 3.